The highest BCUT2D eigenvalue weighted by Crippen LogP contribution is 2.56. The summed E-state index contributed by atoms with van der Waals surface area (Å²) in [4.78, 5) is 2.54. The predicted molar refractivity (Wildman–Crippen MR) is 270 cm³/mol. The average Bonchev–Trinajstić information content (AvgIpc) is 3.76. The normalized spacial score (nSPS) is 19.0. The first-order chi connectivity index (χ1) is 31.4. The molecular formula is C63H55N. The van der Waals surface area contributed by atoms with Gasteiger partial charge in [-0.3, -0.25) is 0 Å². The topological polar surface area (TPSA) is 3.24 Å². The van der Waals surface area contributed by atoms with E-state index in [0.717, 1.165) is 18.0 Å². The van der Waals surface area contributed by atoms with Crippen molar-refractivity contribution < 1.29 is 0 Å². The van der Waals surface area contributed by atoms with Crippen LogP contribution in [-0.4, -0.2) is 0 Å². The van der Waals surface area contributed by atoms with Gasteiger partial charge in [-0.1, -0.05) is 197 Å². The summed E-state index contributed by atoms with van der Waals surface area (Å²) in [6.45, 7) is 7.19. The molecule has 12 rings (SSSR count). The zero-order valence-corrected chi connectivity index (χ0v) is 37.3. The number of anilines is 3. The molecule has 0 aliphatic heterocycles. The van der Waals surface area contributed by atoms with E-state index in [9.17, 15) is 0 Å². The summed E-state index contributed by atoms with van der Waals surface area (Å²) in [6.07, 6.45) is 12.7. The highest BCUT2D eigenvalue weighted by atomic mass is 15.1. The maximum atomic E-state index is 2.54. The maximum Gasteiger partial charge on any atom is 0.0540 e. The van der Waals surface area contributed by atoms with Crippen molar-refractivity contribution in [2.24, 2.45) is 5.92 Å². The first kappa shape index (κ1) is 38.9. The zero-order chi connectivity index (χ0) is 43.0. The summed E-state index contributed by atoms with van der Waals surface area (Å²) in [5, 5.41) is 0. The number of hydrogen-bond acceptors (Lipinski definition) is 1. The lowest BCUT2D eigenvalue weighted by atomic mass is 9.70. The zero-order valence-electron chi connectivity index (χ0n) is 37.3. The fraction of sp³-hybridized carbons (Fsp3) is 0.206. The maximum absolute atomic E-state index is 2.54. The molecule has 0 spiro atoms. The van der Waals surface area contributed by atoms with Crippen LogP contribution in [0.25, 0.3) is 50.6 Å². The van der Waals surface area contributed by atoms with Gasteiger partial charge in [0.2, 0.25) is 0 Å². The van der Waals surface area contributed by atoms with Crippen molar-refractivity contribution in [3.05, 3.63) is 227 Å². The van der Waals surface area contributed by atoms with Crippen molar-refractivity contribution in [2.75, 3.05) is 4.90 Å². The Labute approximate surface area is 379 Å². The molecule has 0 heterocycles. The minimum atomic E-state index is -0.243. The Balaban J connectivity index is 1.02. The van der Waals surface area contributed by atoms with E-state index in [1.807, 2.05) is 0 Å². The molecule has 1 fully saturated rings. The van der Waals surface area contributed by atoms with Crippen LogP contribution in [0, 0.1) is 5.92 Å². The Morgan fingerprint density at radius 1 is 0.469 bits per heavy atom. The molecule has 4 aliphatic rings. The molecule has 1 saturated carbocycles. The summed E-state index contributed by atoms with van der Waals surface area (Å²) in [7, 11) is 0. The Morgan fingerprint density at radius 3 is 1.91 bits per heavy atom. The summed E-state index contributed by atoms with van der Waals surface area (Å²) in [6, 6.07) is 69.0. The Kier molecular flexibility index (Phi) is 9.27. The Hall–Kier alpha value is -6.70. The third-order valence-corrected chi connectivity index (χ3v) is 15.8. The van der Waals surface area contributed by atoms with Crippen LogP contribution in [0.1, 0.15) is 104 Å². The van der Waals surface area contributed by atoms with Crippen LogP contribution >= 0.6 is 0 Å². The lowest BCUT2D eigenvalue weighted by Gasteiger charge is -2.35. The molecule has 1 heteroatoms. The van der Waals surface area contributed by atoms with Crippen molar-refractivity contribution in [2.45, 2.75) is 76.0 Å². The predicted octanol–water partition coefficient (Wildman–Crippen LogP) is 17.2. The van der Waals surface area contributed by atoms with Gasteiger partial charge in [0, 0.05) is 27.8 Å². The summed E-state index contributed by atoms with van der Waals surface area (Å²) < 4.78 is 0. The molecule has 4 aliphatic carbocycles. The lowest BCUT2D eigenvalue weighted by molar-refractivity contribution is 0.304. The first-order valence-corrected chi connectivity index (χ1v) is 23.7. The van der Waals surface area contributed by atoms with Gasteiger partial charge in [0.1, 0.15) is 0 Å². The molecule has 64 heavy (non-hydrogen) atoms. The van der Waals surface area contributed by atoms with Gasteiger partial charge in [0.25, 0.3) is 0 Å². The minimum Gasteiger partial charge on any atom is -0.310 e. The number of hydrogen-bond donors (Lipinski definition) is 0. The molecule has 312 valence electrons. The van der Waals surface area contributed by atoms with E-state index in [1.54, 1.807) is 5.56 Å². The van der Waals surface area contributed by atoms with Gasteiger partial charge in [-0.25, -0.2) is 0 Å². The van der Waals surface area contributed by atoms with Gasteiger partial charge >= 0.3 is 0 Å². The van der Waals surface area contributed by atoms with Crippen LogP contribution in [-0.2, 0) is 10.8 Å². The molecule has 8 aromatic rings. The monoisotopic (exact) mass is 825 g/mol. The number of allylic oxidation sites excluding steroid dienone is 1. The molecule has 0 aromatic heterocycles. The van der Waals surface area contributed by atoms with E-state index in [2.05, 4.69) is 220 Å². The van der Waals surface area contributed by atoms with E-state index in [0.29, 0.717) is 5.92 Å². The summed E-state index contributed by atoms with van der Waals surface area (Å²) >= 11 is 0. The van der Waals surface area contributed by atoms with Gasteiger partial charge < -0.3 is 4.90 Å². The molecule has 1 nitrogen and oxygen atoms in total. The molecular weight excluding hydrogens is 771 g/mol. The molecule has 0 radical (unpaired) electrons. The van der Waals surface area contributed by atoms with E-state index in [4.69, 9.17) is 0 Å². The fourth-order valence-electron chi connectivity index (χ4n) is 12.6. The second kappa shape index (κ2) is 15.2. The van der Waals surface area contributed by atoms with Crippen LogP contribution in [0.5, 0.6) is 0 Å². The quantitative estimate of drug-likeness (QED) is 0.155. The fourth-order valence-corrected chi connectivity index (χ4v) is 12.6. The highest BCUT2D eigenvalue weighted by Gasteiger charge is 2.42. The van der Waals surface area contributed by atoms with Crippen molar-refractivity contribution in [1.82, 2.24) is 0 Å². The van der Waals surface area contributed by atoms with Crippen molar-refractivity contribution >= 4 is 23.1 Å². The van der Waals surface area contributed by atoms with E-state index < -0.39 is 0 Å². The number of benzene rings is 8. The molecule has 0 amide bonds. The van der Waals surface area contributed by atoms with E-state index >= 15 is 0 Å². The summed E-state index contributed by atoms with van der Waals surface area (Å²) in [5.41, 5.74) is 23.5. The van der Waals surface area contributed by atoms with Crippen LogP contribution in [0.3, 0.4) is 0 Å². The molecule has 0 bridgehead atoms. The third kappa shape index (κ3) is 5.97. The number of fused-ring (bicyclic) bond motifs is 7. The van der Waals surface area contributed by atoms with Gasteiger partial charge in [0.05, 0.1) is 5.69 Å². The molecule has 0 saturated heterocycles. The Bertz CT molecular complexity index is 3110. The SMILES string of the molecule is CC1(C)c2ccccc2-c2ccc(N(c3ccc(-c4cccc5c4-c4ccccc4C5(C)c4ccccc4)cc3)c3ccccc3-c3cccc4c3C(C3CCCCC3)CC=C4)cc21. The van der Waals surface area contributed by atoms with Crippen molar-refractivity contribution in [3.63, 3.8) is 0 Å². The molecule has 0 N–H and O–H groups in total. The lowest BCUT2D eigenvalue weighted by Crippen LogP contribution is -2.22. The summed E-state index contributed by atoms with van der Waals surface area (Å²) in [5.74, 6) is 1.27. The molecule has 2 atom stereocenters. The Morgan fingerprint density at radius 2 is 1.09 bits per heavy atom. The first-order valence-electron chi connectivity index (χ1n) is 23.7. The number of rotatable bonds is 7. The second-order valence-electron chi connectivity index (χ2n) is 19.5. The molecule has 2 unspecified atom stereocenters. The minimum absolute atomic E-state index is 0.118. The van der Waals surface area contributed by atoms with Gasteiger partial charge in [-0.2, -0.15) is 0 Å². The van der Waals surface area contributed by atoms with Crippen LogP contribution in [0.4, 0.5) is 17.1 Å². The van der Waals surface area contributed by atoms with E-state index in [1.165, 1.54) is 121 Å². The van der Waals surface area contributed by atoms with Crippen LogP contribution < -0.4 is 4.90 Å². The van der Waals surface area contributed by atoms with Gasteiger partial charge in [-0.15, -0.1) is 0 Å². The smallest absolute Gasteiger partial charge is 0.0540 e. The standard InChI is InChI=1S/C63H55N/c1-62(2)55-31-13-10-25-50(55)51-40-39-47(41-58(51)62)64(59-34-15-12-26-52(59)53-30-17-22-44-21-16-28-48(60(44)53)42-19-6-4-7-20-42)46-37-35-43(36-38-46)49-29-18-33-57-61(49)54-27-11-14-32-56(54)63(57,3)45-23-8-5-9-24-45/h5,8-18,21-27,29-42,48H,4,6-7,19-20,28H2,1-3H3. The largest absolute Gasteiger partial charge is 0.310 e. The third-order valence-electron chi connectivity index (χ3n) is 15.8. The van der Waals surface area contributed by atoms with Crippen LogP contribution in [0.15, 0.2) is 188 Å². The average molecular weight is 826 g/mol. The number of para-hydroxylation sites is 1. The van der Waals surface area contributed by atoms with Gasteiger partial charge in [0.15, 0.2) is 0 Å². The second-order valence-corrected chi connectivity index (χ2v) is 19.5. The molecule has 8 aromatic carbocycles. The van der Waals surface area contributed by atoms with E-state index in [-0.39, 0.29) is 10.8 Å². The highest BCUT2D eigenvalue weighted by molar-refractivity contribution is 5.96. The van der Waals surface area contributed by atoms with Gasteiger partial charge in [-0.05, 0) is 146 Å². The van der Waals surface area contributed by atoms with Crippen molar-refractivity contribution in [3.8, 4) is 44.5 Å². The number of nitrogens with zero attached hydrogens (tertiary/aromatic N) is 1. The van der Waals surface area contributed by atoms with Crippen LogP contribution in [0.2, 0.25) is 0 Å². The van der Waals surface area contributed by atoms with Crippen molar-refractivity contribution in [1.29, 1.82) is 0 Å².